The summed E-state index contributed by atoms with van der Waals surface area (Å²) in [5.74, 6) is -0.145. The quantitative estimate of drug-likeness (QED) is 0.783. The van der Waals surface area contributed by atoms with Gasteiger partial charge in [-0.1, -0.05) is 0 Å². The number of nitrogens with zero attached hydrogens (tertiary/aromatic N) is 3. The smallest absolute Gasteiger partial charge is 0.246 e. The second-order valence-corrected chi connectivity index (χ2v) is 4.65. The van der Waals surface area contributed by atoms with Crippen LogP contribution in [0.2, 0.25) is 0 Å². The predicted molar refractivity (Wildman–Crippen MR) is 66.2 cm³/mol. The maximum Gasteiger partial charge on any atom is 0.246 e. The van der Waals surface area contributed by atoms with Crippen LogP contribution in [0, 0.1) is 0 Å². The highest BCUT2D eigenvalue weighted by Gasteiger charge is 2.25. The molecule has 1 N–H and O–H groups in total. The molecule has 17 heavy (non-hydrogen) atoms. The third kappa shape index (κ3) is 3.42. The van der Waals surface area contributed by atoms with Crippen LogP contribution in [0.25, 0.3) is 6.08 Å². The van der Waals surface area contributed by atoms with Crippen LogP contribution in [0.1, 0.15) is 19.4 Å². The maximum absolute atomic E-state index is 11.8. The lowest BCUT2D eigenvalue weighted by Gasteiger charge is -2.33. The summed E-state index contributed by atoms with van der Waals surface area (Å²) in [7, 11) is 3.49. The molecule has 0 bridgehead atoms. The molecule has 0 aromatic carbocycles. The van der Waals surface area contributed by atoms with Crippen molar-refractivity contribution in [2.75, 3.05) is 13.7 Å². The molecule has 0 fully saturated rings. The number of likely N-dealkylation sites (N-methyl/N-ethyl adjacent to an activating group) is 1. The largest absolute Gasteiger partial charge is 0.394 e. The van der Waals surface area contributed by atoms with E-state index in [-0.39, 0.29) is 12.5 Å². The van der Waals surface area contributed by atoms with E-state index in [1.807, 2.05) is 27.1 Å². The van der Waals surface area contributed by atoms with E-state index in [2.05, 4.69) is 5.10 Å². The van der Waals surface area contributed by atoms with E-state index in [4.69, 9.17) is 0 Å². The van der Waals surface area contributed by atoms with Crippen molar-refractivity contribution < 1.29 is 9.90 Å². The second kappa shape index (κ2) is 5.14. The lowest BCUT2D eigenvalue weighted by molar-refractivity contribution is -0.130. The molecule has 5 nitrogen and oxygen atoms in total. The number of hydrogen-bond acceptors (Lipinski definition) is 3. The Hall–Kier alpha value is -1.62. The van der Waals surface area contributed by atoms with Gasteiger partial charge in [-0.05, 0) is 19.9 Å². The SMILES string of the molecule is CN(C(=O)/C=C/c1cnn(C)c1)C(C)(C)CO. The molecule has 94 valence electrons. The highest BCUT2D eigenvalue weighted by atomic mass is 16.3. The summed E-state index contributed by atoms with van der Waals surface area (Å²) < 4.78 is 1.67. The van der Waals surface area contributed by atoms with Gasteiger partial charge < -0.3 is 10.0 Å². The van der Waals surface area contributed by atoms with Crippen LogP contribution in [-0.2, 0) is 11.8 Å². The summed E-state index contributed by atoms with van der Waals surface area (Å²) in [6.07, 6.45) is 6.69. The van der Waals surface area contributed by atoms with Crippen molar-refractivity contribution in [1.82, 2.24) is 14.7 Å². The van der Waals surface area contributed by atoms with Crippen LogP contribution in [0.15, 0.2) is 18.5 Å². The molecule has 0 radical (unpaired) electrons. The van der Waals surface area contributed by atoms with Gasteiger partial charge >= 0.3 is 0 Å². The zero-order valence-electron chi connectivity index (χ0n) is 10.7. The molecule has 0 saturated carbocycles. The first kappa shape index (κ1) is 13.4. The van der Waals surface area contributed by atoms with Crippen LogP contribution < -0.4 is 0 Å². The molecule has 0 atom stereocenters. The highest BCUT2D eigenvalue weighted by molar-refractivity contribution is 5.92. The molecule has 0 saturated heterocycles. The monoisotopic (exact) mass is 237 g/mol. The molecule has 0 unspecified atom stereocenters. The Morgan fingerprint density at radius 2 is 2.29 bits per heavy atom. The summed E-state index contributed by atoms with van der Waals surface area (Å²) in [5.41, 5.74) is 0.312. The number of hydrogen-bond donors (Lipinski definition) is 1. The van der Waals surface area contributed by atoms with Crippen LogP contribution in [-0.4, -0.2) is 44.9 Å². The van der Waals surface area contributed by atoms with Crippen LogP contribution in [0.3, 0.4) is 0 Å². The van der Waals surface area contributed by atoms with Crippen molar-refractivity contribution in [2.45, 2.75) is 19.4 Å². The van der Waals surface area contributed by atoms with Gasteiger partial charge in [-0.25, -0.2) is 0 Å². The molecule has 1 aromatic rings. The van der Waals surface area contributed by atoms with Crippen molar-refractivity contribution in [3.8, 4) is 0 Å². The summed E-state index contributed by atoms with van der Waals surface area (Å²) in [6.45, 7) is 3.54. The summed E-state index contributed by atoms with van der Waals surface area (Å²) >= 11 is 0. The van der Waals surface area contributed by atoms with Gasteiger partial charge in [-0.15, -0.1) is 0 Å². The first-order valence-electron chi connectivity index (χ1n) is 5.42. The molecule has 5 heteroatoms. The van der Waals surface area contributed by atoms with E-state index in [0.717, 1.165) is 5.56 Å². The fraction of sp³-hybridized carbons (Fsp3) is 0.500. The van der Waals surface area contributed by atoms with Crippen molar-refractivity contribution in [3.05, 3.63) is 24.0 Å². The third-order valence-electron chi connectivity index (χ3n) is 2.77. The van der Waals surface area contributed by atoms with E-state index in [9.17, 15) is 9.90 Å². The highest BCUT2D eigenvalue weighted by Crippen LogP contribution is 2.12. The molecular weight excluding hydrogens is 218 g/mol. The van der Waals surface area contributed by atoms with Crippen molar-refractivity contribution in [2.24, 2.45) is 7.05 Å². The van der Waals surface area contributed by atoms with Crippen molar-refractivity contribution in [1.29, 1.82) is 0 Å². The Balaban J connectivity index is 2.69. The van der Waals surface area contributed by atoms with E-state index in [1.165, 1.54) is 11.0 Å². The predicted octanol–water partition coefficient (Wildman–Crippen LogP) is 0.663. The van der Waals surface area contributed by atoms with Crippen LogP contribution in [0.5, 0.6) is 0 Å². The molecule has 1 rings (SSSR count). The zero-order chi connectivity index (χ0) is 13.1. The van der Waals surface area contributed by atoms with Gasteiger partial charge in [0.1, 0.15) is 0 Å². The molecule has 1 heterocycles. The molecule has 0 spiro atoms. The number of aliphatic hydroxyl groups is 1. The van der Waals surface area contributed by atoms with E-state index < -0.39 is 5.54 Å². The second-order valence-electron chi connectivity index (χ2n) is 4.65. The average molecular weight is 237 g/mol. The molecule has 0 aliphatic rings. The van der Waals surface area contributed by atoms with E-state index >= 15 is 0 Å². The van der Waals surface area contributed by atoms with Gasteiger partial charge in [0, 0.05) is 31.9 Å². The van der Waals surface area contributed by atoms with Gasteiger partial charge in [0.2, 0.25) is 5.91 Å². The fourth-order valence-electron chi connectivity index (χ4n) is 1.21. The number of aryl methyl sites for hydroxylation is 1. The number of amides is 1. The normalized spacial score (nSPS) is 12.1. The third-order valence-corrected chi connectivity index (χ3v) is 2.77. The van der Waals surface area contributed by atoms with Gasteiger partial charge in [-0.2, -0.15) is 5.10 Å². The standard InChI is InChI=1S/C12H19N3O2/c1-12(2,9-16)15(4)11(17)6-5-10-7-13-14(3)8-10/h5-8,16H,9H2,1-4H3/b6-5+. The van der Waals surface area contributed by atoms with E-state index in [1.54, 1.807) is 24.0 Å². The number of carbonyl (C=O) groups is 1. The number of rotatable bonds is 4. The van der Waals surface area contributed by atoms with E-state index in [0.29, 0.717) is 0 Å². The number of aromatic nitrogens is 2. The lowest BCUT2D eigenvalue weighted by atomic mass is 10.1. The lowest BCUT2D eigenvalue weighted by Crippen LogP contribution is -2.47. The van der Waals surface area contributed by atoms with Crippen LogP contribution >= 0.6 is 0 Å². The maximum atomic E-state index is 11.8. The minimum absolute atomic E-state index is 0.0734. The Labute approximate surface area is 101 Å². The Morgan fingerprint density at radius 3 is 2.76 bits per heavy atom. The molecule has 1 aromatic heterocycles. The van der Waals surface area contributed by atoms with Crippen molar-refractivity contribution in [3.63, 3.8) is 0 Å². The summed E-state index contributed by atoms with van der Waals surface area (Å²) in [4.78, 5) is 13.3. The van der Waals surface area contributed by atoms with Crippen molar-refractivity contribution >= 4 is 12.0 Å². The Bertz CT molecular complexity index is 421. The molecule has 0 aliphatic heterocycles. The topological polar surface area (TPSA) is 58.4 Å². The fourth-order valence-corrected chi connectivity index (χ4v) is 1.21. The number of carbonyl (C=O) groups excluding carboxylic acids is 1. The Morgan fingerprint density at radius 1 is 1.65 bits per heavy atom. The first-order valence-corrected chi connectivity index (χ1v) is 5.42. The molecule has 1 amide bonds. The van der Waals surface area contributed by atoms with Gasteiger partial charge in [0.15, 0.2) is 0 Å². The minimum Gasteiger partial charge on any atom is -0.394 e. The van der Waals surface area contributed by atoms with Gasteiger partial charge in [-0.3, -0.25) is 9.48 Å². The molecule has 0 aliphatic carbocycles. The minimum atomic E-state index is -0.559. The van der Waals surface area contributed by atoms with Gasteiger partial charge in [0.05, 0.1) is 18.3 Å². The molecular formula is C12H19N3O2. The van der Waals surface area contributed by atoms with Gasteiger partial charge in [0.25, 0.3) is 0 Å². The first-order chi connectivity index (χ1) is 7.86. The summed E-state index contributed by atoms with van der Waals surface area (Å²) in [5, 5.41) is 13.2. The van der Waals surface area contributed by atoms with Crippen LogP contribution in [0.4, 0.5) is 0 Å². The average Bonchev–Trinajstić information content (AvgIpc) is 2.71. The summed E-state index contributed by atoms with van der Waals surface area (Å²) in [6, 6.07) is 0. The number of aliphatic hydroxyl groups excluding tert-OH is 1. The Kier molecular flexibility index (Phi) is 4.07. The zero-order valence-corrected chi connectivity index (χ0v) is 10.7.